The van der Waals surface area contributed by atoms with Crippen LogP contribution >= 0.6 is 23.4 Å². The molecule has 4 rings (SSSR count). The van der Waals surface area contributed by atoms with Crippen molar-refractivity contribution in [3.05, 3.63) is 53.3 Å². The quantitative estimate of drug-likeness (QED) is 0.702. The zero-order valence-electron chi connectivity index (χ0n) is 16.4. The van der Waals surface area contributed by atoms with E-state index < -0.39 is 15.7 Å². The van der Waals surface area contributed by atoms with Gasteiger partial charge >= 0.3 is 0 Å². The van der Waals surface area contributed by atoms with Gasteiger partial charge in [0.2, 0.25) is 5.91 Å². The van der Waals surface area contributed by atoms with Gasteiger partial charge < -0.3 is 15.0 Å². The van der Waals surface area contributed by atoms with Crippen molar-refractivity contribution < 1.29 is 22.3 Å². The van der Waals surface area contributed by atoms with Gasteiger partial charge in [0.05, 0.1) is 29.7 Å². The molecule has 0 aromatic heterocycles. The monoisotopic (exact) mass is 483 g/mol. The Morgan fingerprint density at radius 2 is 2.13 bits per heavy atom. The zero-order valence-corrected chi connectivity index (χ0v) is 18.8. The van der Waals surface area contributed by atoms with Gasteiger partial charge in [-0.05, 0) is 30.3 Å². The van der Waals surface area contributed by atoms with Gasteiger partial charge in [0.15, 0.2) is 15.0 Å². The van der Waals surface area contributed by atoms with Gasteiger partial charge in [-0.3, -0.25) is 9.79 Å². The molecule has 2 aliphatic rings. The summed E-state index contributed by atoms with van der Waals surface area (Å²) in [6.45, 7) is -0.0831. The van der Waals surface area contributed by atoms with E-state index in [1.807, 2.05) is 6.07 Å². The van der Waals surface area contributed by atoms with Gasteiger partial charge in [-0.2, -0.15) is 0 Å². The molecule has 2 atom stereocenters. The maximum atomic E-state index is 13.4. The Hall–Kier alpha value is -2.30. The minimum atomic E-state index is -3.09. The molecule has 0 saturated carbocycles. The summed E-state index contributed by atoms with van der Waals surface area (Å²) < 4.78 is 42.5. The molecule has 2 aromatic carbocycles. The normalized spacial score (nSPS) is 21.3. The number of carbonyl (C=O) groups is 1. The van der Waals surface area contributed by atoms with E-state index in [0.717, 1.165) is 0 Å². The molecule has 2 heterocycles. The summed E-state index contributed by atoms with van der Waals surface area (Å²) in [5, 5.41) is 3.03. The maximum absolute atomic E-state index is 13.4. The van der Waals surface area contributed by atoms with Crippen LogP contribution in [-0.4, -0.2) is 55.9 Å². The summed E-state index contributed by atoms with van der Waals surface area (Å²) in [6, 6.07) is 10.8. The average Bonchev–Trinajstić information content (AvgIpc) is 3.22. The molecule has 1 amide bonds. The number of methoxy groups -OCH3 is 1. The molecule has 1 saturated heterocycles. The fourth-order valence-electron chi connectivity index (χ4n) is 3.44. The average molecular weight is 484 g/mol. The summed E-state index contributed by atoms with van der Waals surface area (Å²) in [6.07, 6.45) is 0. The number of halogens is 2. The summed E-state index contributed by atoms with van der Waals surface area (Å²) >= 11 is 7.15. The second kappa shape index (κ2) is 8.68. The lowest BCUT2D eigenvalue weighted by molar-refractivity contribution is -0.114. The van der Waals surface area contributed by atoms with Crippen molar-refractivity contribution >= 4 is 55.6 Å². The van der Waals surface area contributed by atoms with E-state index in [1.165, 1.54) is 30.0 Å². The minimum absolute atomic E-state index is 0.0143. The highest BCUT2D eigenvalue weighted by molar-refractivity contribution is 8.15. The smallest absolute Gasteiger partial charge is 0.244 e. The Balaban J connectivity index is 1.58. The topological polar surface area (TPSA) is 88.1 Å². The van der Waals surface area contributed by atoms with Crippen LogP contribution in [0.2, 0.25) is 5.02 Å². The Morgan fingerprint density at radius 3 is 2.84 bits per heavy atom. The number of hydrogen-bond acceptors (Lipinski definition) is 7. The van der Waals surface area contributed by atoms with Gasteiger partial charge in [0.1, 0.15) is 18.1 Å². The van der Waals surface area contributed by atoms with E-state index in [2.05, 4.69) is 10.3 Å². The first-order valence-electron chi connectivity index (χ1n) is 9.35. The molecular weight excluding hydrogens is 465 g/mol. The van der Waals surface area contributed by atoms with Crippen LogP contribution < -0.4 is 15.0 Å². The molecular formula is C20H19ClFN3O4S2. The van der Waals surface area contributed by atoms with Gasteiger partial charge in [0, 0.05) is 22.7 Å². The number of fused-ring (bicyclic) bond motifs is 1. The first-order valence-corrected chi connectivity index (χ1v) is 12.4. The number of hydrogen-bond donors (Lipinski definition) is 1. The first-order chi connectivity index (χ1) is 14.7. The Bertz CT molecular complexity index is 1160. The maximum Gasteiger partial charge on any atom is 0.244 e. The summed E-state index contributed by atoms with van der Waals surface area (Å²) in [5.74, 6) is -0.240. The van der Waals surface area contributed by atoms with Gasteiger partial charge in [-0.15, -0.1) is 0 Å². The van der Waals surface area contributed by atoms with Crippen LogP contribution in [-0.2, 0) is 14.6 Å². The lowest BCUT2D eigenvalue weighted by Gasteiger charge is -2.24. The molecule has 1 fully saturated rings. The van der Waals surface area contributed by atoms with E-state index >= 15 is 0 Å². The van der Waals surface area contributed by atoms with Crippen molar-refractivity contribution in [3.8, 4) is 5.75 Å². The van der Waals surface area contributed by atoms with E-state index in [9.17, 15) is 17.6 Å². The summed E-state index contributed by atoms with van der Waals surface area (Å²) in [7, 11) is -1.54. The third kappa shape index (κ3) is 4.97. The molecule has 0 unspecified atom stereocenters. The number of rotatable bonds is 5. The van der Waals surface area contributed by atoms with Crippen molar-refractivity contribution in [3.63, 3.8) is 0 Å². The summed E-state index contributed by atoms with van der Waals surface area (Å²) in [4.78, 5) is 19.1. The Morgan fingerprint density at radius 1 is 1.32 bits per heavy atom. The van der Waals surface area contributed by atoms with Crippen LogP contribution in [0, 0.1) is 5.82 Å². The van der Waals surface area contributed by atoms with Gasteiger partial charge in [0.25, 0.3) is 0 Å². The first kappa shape index (κ1) is 21.9. The number of nitrogens with zero attached hydrogens (tertiary/aromatic N) is 2. The molecule has 2 aromatic rings. The van der Waals surface area contributed by atoms with Crippen LogP contribution in [0.5, 0.6) is 5.75 Å². The second-order valence-electron chi connectivity index (χ2n) is 7.18. The number of thioether (sulfide) groups is 1. The third-order valence-corrected chi connectivity index (χ3v) is 8.44. The number of aliphatic imine (C=N–C) groups is 1. The molecule has 0 radical (unpaired) electrons. The molecule has 164 valence electrons. The van der Waals surface area contributed by atoms with Crippen LogP contribution in [0.25, 0.3) is 0 Å². The molecule has 0 aliphatic carbocycles. The zero-order chi connectivity index (χ0) is 22.2. The van der Waals surface area contributed by atoms with Crippen molar-refractivity contribution in [2.45, 2.75) is 11.3 Å². The number of benzene rings is 2. The standard InChI is InChI=1S/C20H19ClFN3O4S2/c1-29-14-4-2-3-13(8-14)25(20-24-17-10-31(27,28)11-18(17)30-20)9-19(26)23-12-5-6-16(22)15(21)7-12/h2-8,17-18H,9-11H2,1H3,(H,23,26)/t17-,18+/m0/s1. The van der Waals surface area contributed by atoms with Crippen molar-refractivity contribution in [1.82, 2.24) is 0 Å². The molecule has 11 heteroatoms. The highest BCUT2D eigenvalue weighted by Crippen LogP contribution is 2.37. The number of amides is 1. The lowest BCUT2D eigenvalue weighted by Crippen LogP contribution is -2.36. The summed E-state index contributed by atoms with van der Waals surface area (Å²) in [5.41, 5.74) is 1.05. The molecule has 7 nitrogen and oxygen atoms in total. The SMILES string of the molecule is COc1cccc(N(CC(=O)Nc2ccc(F)c(Cl)c2)C2=N[C@H]3CS(=O)(=O)C[C@H]3S2)c1. The number of ether oxygens (including phenoxy) is 1. The number of nitrogens with one attached hydrogen (secondary N) is 1. The van der Waals surface area contributed by atoms with E-state index in [1.54, 1.807) is 30.2 Å². The molecule has 0 spiro atoms. The highest BCUT2D eigenvalue weighted by atomic mass is 35.5. The van der Waals surface area contributed by atoms with Crippen LogP contribution in [0.4, 0.5) is 15.8 Å². The van der Waals surface area contributed by atoms with Crippen LogP contribution in [0.3, 0.4) is 0 Å². The number of anilines is 2. The molecule has 1 N–H and O–H groups in total. The Labute approximate surface area is 188 Å². The van der Waals surface area contributed by atoms with E-state index in [4.69, 9.17) is 16.3 Å². The fraction of sp³-hybridized carbons (Fsp3) is 0.300. The Kier molecular flexibility index (Phi) is 6.14. The van der Waals surface area contributed by atoms with E-state index in [0.29, 0.717) is 22.3 Å². The van der Waals surface area contributed by atoms with Crippen molar-refractivity contribution in [2.75, 3.05) is 35.4 Å². The van der Waals surface area contributed by atoms with Crippen LogP contribution in [0.15, 0.2) is 47.5 Å². The van der Waals surface area contributed by atoms with Crippen molar-refractivity contribution in [2.24, 2.45) is 4.99 Å². The third-order valence-electron chi connectivity index (χ3n) is 4.91. The second-order valence-corrected chi connectivity index (χ2v) is 10.9. The van der Waals surface area contributed by atoms with E-state index in [-0.39, 0.29) is 40.3 Å². The predicted molar refractivity (Wildman–Crippen MR) is 122 cm³/mol. The molecule has 31 heavy (non-hydrogen) atoms. The van der Waals surface area contributed by atoms with Gasteiger partial charge in [-0.1, -0.05) is 29.4 Å². The number of amidine groups is 1. The highest BCUT2D eigenvalue weighted by Gasteiger charge is 2.44. The lowest BCUT2D eigenvalue weighted by atomic mass is 10.2. The number of sulfone groups is 1. The largest absolute Gasteiger partial charge is 0.497 e. The predicted octanol–water partition coefficient (Wildman–Crippen LogP) is 3.20. The molecule has 2 aliphatic heterocycles. The fourth-order valence-corrected chi connectivity index (χ4v) is 7.40. The van der Waals surface area contributed by atoms with Crippen LogP contribution in [0.1, 0.15) is 0 Å². The minimum Gasteiger partial charge on any atom is -0.497 e. The van der Waals surface area contributed by atoms with Crippen molar-refractivity contribution in [1.29, 1.82) is 0 Å². The number of carbonyl (C=O) groups excluding carboxylic acids is 1. The molecule has 0 bridgehead atoms. The van der Waals surface area contributed by atoms with Gasteiger partial charge in [-0.25, -0.2) is 12.8 Å².